The highest BCUT2D eigenvalue weighted by Gasteiger charge is 2.23. The van der Waals surface area contributed by atoms with Gasteiger partial charge in [0.25, 0.3) is 0 Å². The summed E-state index contributed by atoms with van der Waals surface area (Å²) in [6.45, 7) is 4.42. The number of halogens is 1. The second kappa shape index (κ2) is 5.25. The van der Waals surface area contributed by atoms with Crippen molar-refractivity contribution >= 4 is 22.6 Å². The van der Waals surface area contributed by atoms with Gasteiger partial charge in [-0.05, 0) is 29.2 Å². The van der Waals surface area contributed by atoms with Crippen molar-refractivity contribution in [3.63, 3.8) is 0 Å². The monoisotopic (exact) mass is 285 g/mol. The van der Waals surface area contributed by atoms with Crippen molar-refractivity contribution in [3.8, 4) is 0 Å². The minimum atomic E-state index is 0.249. The Morgan fingerprint density at radius 1 is 1.20 bits per heavy atom. The van der Waals surface area contributed by atoms with E-state index in [0.717, 1.165) is 16.1 Å². The van der Waals surface area contributed by atoms with Crippen LogP contribution < -0.4 is 0 Å². The van der Waals surface area contributed by atoms with Crippen LogP contribution in [0.25, 0.3) is 11.0 Å². The third-order valence-electron chi connectivity index (χ3n) is 3.60. The summed E-state index contributed by atoms with van der Waals surface area (Å²) in [6.07, 6.45) is 7.46. The van der Waals surface area contributed by atoms with Gasteiger partial charge >= 0.3 is 0 Å². The molecule has 0 spiro atoms. The summed E-state index contributed by atoms with van der Waals surface area (Å²) in [4.78, 5) is 11.8. The SMILES string of the molecule is CC(C)C(c1cccnc1)c1c[nH]c2nccc(Cl)c12. The topological polar surface area (TPSA) is 41.6 Å². The number of aromatic nitrogens is 3. The van der Waals surface area contributed by atoms with Gasteiger partial charge in [0.05, 0.1) is 5.02 Å². The van der Waals surface area contributed by atoms with Crippen LogP contribution in [0.2, 0.25) is 5.02 Å². The Kier molecular flexibility index (Phi) is 3.45. The van der Waals surface area contributed by atoms with Crippen molar-refractivity contribution in [1.82, 2.24) is 15.0 Å². The van der Waals surface area contributed by atoms with Crippen LogP contribution in [-0.2, 0) is 0 Å². The number of fused-ring (bicyclic) bond motifs is 1. The summed E-state index contributed by atoms with van der Waals surface area (Å²) in [7, 11) is 0. The zero-order chi connectivity index (χ0) is 14.1. The van der Waals surface area contributed by atoms with Gasteiger partial charge in [-0.25, -0.2) is 4.98 Å². The number of rotatable bonds is 3. The van der Waals surface area contributed by atoms with E-state index in [0.29, 0.717) is 5.92 Å². The molecule has 0 saturated carbocycles. The fraction of sp³-hybridized carbons (Fsp3) is 0.250. The van der Waals surface area contributed by atoms with Gasteiger partial charge in [-0.3, -0.25) is 4.98 Å². The summed E-state index contributed by atoms with van der Waals surface area (Å²) in [5.74, 6) is 0.689. The zero-order valence-corrected chi connectivity index (χ0v) is 12.2. The van der Waals surface area contributed by atoms with Crippen LogP contribution in [0, 0.1) is 5.92 Å². The second-order valence-corrected chi connectivity index (χ2v) is 5.68. The molecule has 102 valence electrons. The molecule has 0 radical (unpaired) electrons. The molecule has 0 saturated heterocycles. The van der Waals surface area contributed by atoms with Gasteiger partial charge in [-0.2, -0.15) is 0 Å². The number of aromatic amines is 1. The maximum absolute atomic E-state index is 6.36. The van der Waals surface area contributed by atoms with Crippen molar-refractivity contribution in [2.75, 3.05) is 0 Å². The molecular weight excluding hydrogens is 270 g/mol. The molecule has 0 aromatic carbocycles. The lowest BCUT2D eigenvalue weighted by molar-refractivity contribution is 0.565. The van der Waals surface area contributed by atoms with E-state index in [1.165, 1.54) is 11.1 Å². The number of nitrogens with one attached hydrogen (secondary N) is 1. The molecule has 0 aliphatic carbocycles. The Morgan fingerprint density at radius 2 is 2.05 bits per heavy atom. The lowest BCUT2D eigenvalue weighted by Crippen LogP contribution is -2.08. The number of pyridine rings is 2. The smallest absolute Gasteiger partial charge is 0.139 e. The molecule has 3 heterocycles. The predicted octanol–water partition coefficient (Wildman–Crippen LogP) is 4.40. The molecule has 20 heavy (non-hydrogen) atoms. The second-order valence-electron chi connectivity index (χ2n) is 5.27. The number of nitrogens with zero attached hydrogens (tertiary/aromatic N) is 2. The van der Waals surface area contributed by atoms with Crippen molar-refractivity contribution in [2.45, 2.75) is 19.8 Å². The normalized spacial score (nSPS) is 13.0. The van der Waals surface area contributed by atoms with Gasteiger partial charge in [0.1, 0.15) is 5.65 Å². The van der Waals surface area contributed by atoms with E-state index in [2.05, 4.69) is 34.9 Å². The molecule has 4 heteroatoms. The molecule has 3 rings (SSSR count). The minimum absolute atomic E-state index is 0.249. The largest absolute Gasteiger partial charge is 0.346 e. The van der Waals surface area contributed by atoms with Crippen LogP contribution in [0.5, 0.6) is 0 Å². The van der Waals surface area contributed by atoms with E-state index in [1.54, 1.807) is 12.4 Å². The third kappa shape index (κ3) is 2.18. The van der Waals surface area contributed by atoms with E-state index < -0.39 is 0 Å². The first kappa shape index (κ1) is 13.1. The van der Waals surface area contributed by atoms with Crippen LogP contribution in [0.15, 0.2) is 43.0 Å². The van der Waals surface area contributed by atoms with Crippen molar-refractivity contribution in [2.24, 2.45) is 5.92 Å². The average molecular weight is 286 g/mol. The summed E-state index contributed by atoms with van der Waals surface area (Å²) in [6, 6.07) is 5.92. The zero-order valence-electron chi connectivity index (χ0n) is 11.5. The van der Waals surface area contributed by atoms with Crippen LogP contribution in [-0.4, -0.2) is 15.0 Å². The summed E-state index contributed by atoms with van der Waals surface area (Å²) < 4.78 is 0. The van der Waals surface area contributed by atoms with Gasteiger partial charge < -0.3 is 4.98 Å². The Morgan fingerprint density at radius 3 is 2.75 bits per heavy atom. The minimum Gasteiger partial charge on any atom is -0.346 e. The van der Waals surface area contributed by atoms with Gasteiger partial charge in [0.15, 0.2) is 0 Å². The Bertz CT molecular complexity index is 719. The van der Waals surface area contributed by atoms with E-state index in [4.69, 9.17) is 11.6 Å². The van der Waals surface area contributed by atoms with E-state index in [1.807, 2.05) is 24.5 Å². The summed E-state index contributed by atoms with van der Waals surface area (Å²) in [5.41, 5.74) is 3.21. The van der Waals surface area contributed by atoms with Crippen molar-refractivity contribution < 1.29 is 0 Å². The molecule has 0 aliphatic heterocycles. The fourth-order valence-corrected chi connectivity index (χ4v) is 3.02. The van der Waals surface area contributed by atoms with Crippen LogP contribution >= 0.6 is 11.6 Å². The molecule has 0 fully saturated rings. The number of hydrogen-bond donors (Lipinski definition) is 1. The molecule has 3 aromatic rings. The van der Waals surface area contributed by atoms with Gasteiger partial charge in [-0.15, -0.1) is 0 Å². The fourth-order valence-electron chi connectivity index (χ4n) is 2.77. The molecular formula is C16H16ClN3. The molecule has 0 aliphatic rings. The average Bonchev–Trinajstić information content (AvgIpc) is 2.85. The molecule has 3 aromatic heterocycles. The summed E-state index contributed by atoms with van der Waals surface area (Å²) in [5, 5.41) is 1.75. The van der Waals surface area contributed by atoms with Crippen LogP contribution in [0.4, 0.5) is 0 Å². The highest BCUT2D eigenvalue weighted by molar-refractivity contribution is 6.35. The molecule has 1 N–H and O–H groups in total. The van der Waals surface area contributed by atoms with Gasteiger partial charge in [-0.1, -0.05) is 31.5 Å². The van der Waals surface area contributed by atoms with E-state index in [9.17, 15) is 0 Å². The number of hydrogen-bond acceptors (Lipinski definition) is 2. The Hall–Kier alpha value is -1.87. The number of H-pyrrole nitrogens is 1. The van der Waals surface area contributed by atoms with E-state index in [-0.39, 0.29) is 5.92 Å². The maximum Gasteiger partial charge on any atom is 0.139 e. The molecule has 3 nitrogen and oxygen atoms in total. The van der Waals surface area contributed by atoms with Gasteiger partial charge in [0.2, 0.25) is 0 Å². The first-order valence-electron chi connectivity index (χ1n) is 6.70. The lowest BCUT2D eigenvalue weighted by Gasteiger charge is -2.21. The highest BCUT2D eigenvalue weighted by atomic mass is 35.5. The molecule has 1 unspecified atom stereocenters. The first-order chi connectivity index (χ1) is 9.68. The third-order valence-corrected chi connectivity index (χ3v) is 3.91. The molecule has 1 atom stereocenters. The summed E-state index contributed by atoms with van der Waals surface area (Å²) >= 11 is 6.36. The predicted molar refractivity (Wildman–Crippen MR) is 82.0 cm³/mol. The lowest BCUT2D eigenvalue weighted by atomic mass is 9.83. The quantitative estimate of drug-likeness (QED) is 0.775. The van der Waals surface area contributed by atoms with Crippen molar-refractivity contribution in [3.05, 3.63) is 59.1 Å². The van der Waals surface area contributed by atoms with Crippen LogP contribution in [0.3, 0.4) is 0 Å². The maximum atomic E-state index is 6.36. The standard InChI is InChI=1S/C16H16ClN3/c1-10(2)14(11-4-3-6-18-8-11)12-9-20-16-15(12)13(17)5-7-19-16/h3-10,14H,1-2H3,(H,19,20). The molecule has 0 amide bonds. The highest BCUT2D eigenvalue weighted by Crippen LogP contribution is 2.37. The van der Waals surface area contributed by atoms with Crippen LogP contribution in [0.1, 0.15) is 30.9 Å². The van der Waals surface area contributed by atoms with Gasteiger partial charge in [0, 0.05) is 36.1 Å². The van der Waals surface area contributed by atoms with Crippen molar-refractivity contribution in [1.29, 1.82) is 0 Å². The molecule has 0 bridgehead atoms. The Labute approximate surface area is 123 Å². The van der Waals surface area contributed by atoms with E-state index >= 15 is 0 Å². The first-order valence-corrected chi connectivity index (χ1v) is 7.07. The Balaban J connectivity index is 2.21.